The fraction of sp³-hybridized carbons (Fsp3) is 0.0698. The molecule has 0 atom stereocenters. The average Bonchev–Trinajstić information content (AvgIpc) is 3.75. The highest BCUT2D eigenvalue weighted by molar-refractivity contribution is 7.21. The maximum atomic E-state index is 5.41. The van der Waals surface area contributed by atoms with Crippen molar-refractivity contribution < 1.29 is 0 Å². The molecule has 0 amide bonds. The van der Waals surface area contributed by atoms with Gasteiger partial charge in [-0.2, -0.15) is 0 Å². The standard InChI is InChI=1S/C43H29N3S/c1-43(2)34-19-11-9-17-31(34)37-33-24-23-30-29-22-21-28(26-13-5-3-6-14-26)25-36(29)46(39(30)40(33)47-41(37)43)42-44-35-20-12-10-18-32(35)38(45-42)27-15-7-4-8-16-27/h3-25H,1-2H3. The van der Waals surface area contributed by atoms with Crippen LogP contribution >= 0.6 is 11.3 Å². The van der Waals surface area contributed by atoms with Gasteiger partial charge in [0.05, 0.1) is 26.9 Å². The van der Waals surface area contributed by atoms with Gasteiger partial charge in [-0.1, -0.05) is 141 Å². The van der Waals surface area contributed by atoms with Gasteiger partial charge in [0, 0.05) is 43.0 Å². The molecule has 0 saturated carbocycles. The van der Waals surface area contributed by atoms with Crippen LogP contribution in [-0.2, 0) is 5.41 Å². The second kappa shape index (κ2) is 9.71. The fourth-order valence-corrected chi connectivity index (χ4v) is 9.19. The second-order valence-corrected chi connectivity index (χ2v) is 14.0. The van der Waals surface area contributed by atoms with Crippen LogP contribution in [-0.4, -0.2) is 14.5 Å². The Morgan fingerprint density at radius 3 is 2.09 bits per heavy atom. The maximum absolute atomic E-state index is 5.41. The van der Waals surface area contributed by atoms with Gasteiger partial charge in [0.25, 0.3) is 0 Å². The van der Waals surface area contributed by atoms with Crippen LogP contribution in [0.4, 0.5) is 0 Å². The van der Waals surface area contributed by atoms with Crippen molar-refractivity contribution in [3.05, 3.63) is 150 Å². The van der Waals surface area contributed by atoms with Gasteiger partial charge >= 0.3 is 0 Å². The molecule has 9 aromatic rings. The summed E-state index contributed by atoms with van der Waals surface area (Å²) in [5, 5.41) is 4.77. The van der Waals surface area contributed by atoms with Gasteiger partial charge in [-0.25, -0.2) is 9.97 Å². The van der Waals surface area contributed by atoms with E-state index in [1.165, 1.54) is 59.1 Å². The van der Waals surface area contributed by atoms with Crippen LogP contribution < -0.4 is 0 Å². The van der Waals surface area contributed by atoms with Gasteiger partial charge in [-0.15, -0.1) is 11.3 Å². The summed E-state index contributed by atoms with van der Waals surface area (Å²) in [6.45, 7) is 4.73. The summed E-state index contributed by atoms with van der Waals surface area (Å²) in [5.74, 6) is 0.688. The van der Waals surface area contributed by atoms with Gasteiger partial charge in [0.15, 0.2) is 0 Å². The van der Waals surface area contributed by atoms with E-state index in [9.17, 15) is 0 Å². The summed E-state index contributed by atoms with van der Waals surface area (Å²) >= 11 is 1.93. The van der Waals surface area contributed by atoms with Gasteiger partial charge in [0.1, 0.15) is 0 Å². The lowest BCUT2D eigenvalue weighted by molar-refractivity contribution is 0.674. The summed E-state index contributed by atoms with van der Waals surface area (Å²) < 4.78 is 3.62. The first-order valence-electron chi connectivity index (χ1n) is 16.1. The van der Waals surface area contributed by atoms with Gasteiger partial charge in [-0.3, -0.25) is 4.57 Å². The largest absolute Gasteiger partial charge is 0.276 e. The fourth-order valence-electron chi connectivity index (χ4n) is 7.73. The summed E-state index contributed by atoms with van der Waals surface area (Å²) in [4.78, 5) is 12.1. The molecule has 1 aliphatic rings. The van der Waals surface area contributed by atoms with Gasteiger partial charge < -0.3 is 0 Å². The van der Waals surface area contributed by atoms with Crippen LogP contribution in [0.1, 0.15) is 24.3 Å². The molecule has 0 aliphatic heterocycles. The Kier molecular flexibility index (Phi) is 5.50. The number of rotatable bonds is 3. The number of hydrogen-bond donors (Lipinski definition) is 0. The molecule has 0 radical (unpaired) electrons. The van der Waals surface area contributed by atoms with Crippen LogP contribution in [0.3, 0.4) is 0 Å². The minimum atomic E-state index is -0.0702. The third-order valence-electron chi connectivity index (χ3n) is 9.97. The Morgan fingerprint density at radius 1 is 0.574 bits per heavy atom. The van der Waals surface area contributed by atoms with Crippen molar-refractivity contribution in [2.24, 2.45) is 0 Å². The Labute approximate surface area is 276 Å². The van der Waals surface area contributed by atoms with Crippen LogP contribution in [0.25, 0.3) is 82.3 Å². The van der Waals surface area contributed by atoms with E-state index in [0.717, 1.165) is 27.7 Å². The van der Waals surface area contributed by atoms with Crippen molar-refractivity contribution in [1.82, 2.24) is 14.5 Å². The van der Waals surface area contributed by atoms with E-state index in [1.807, 2.05) is 11.3 Å². The number of fused-ring (bicyclic) bond motifs is 10. The molecule has 3 aromatic heterocycles. The molecular weight excluding hydrogens is 591 g/mol. The molecule has 0 bridgehead atoms. The van der Waals surface area contributed by atoms with E-state index in [-0.39, 0.29) is 5.41 Å². The van der Waals surface area contributed by atoms with E-state index in [0.29, 0.717) is 5.95 Å². The van der Waals surface area contributed by atoms with Crippen molar-refractivity contribution >= 4 is 54.1 Å². The Bertz CT molecular complexity index is 2700. The summed E-state index contributed by atoms with van der Waals surface area (Å²) in [6.07, 6.45) is 0. The predicted molar refractivity (Wildman–Crippen MR) is 198 cm³/mol. The molecule has 0 fully saturated rings. The number of aromatic nitrogens is 3. The van der Waals surface area contributed by atoms with Crippen LogP contribution in [0, 0.1) is 0 Å². The molecule has 0 unspecified atom stereocenters. The molecule has 0 saturated heterocycles. The minimum absolute atomic E-state index is 0.0702. The van der Waals surface area contributed by atoms with Gasteiger partial charge in [0.2, 0.25) is 5.95 Å². The molecule has 3 nitrogen and oxygen atoms in total. The smallest absolute Gasteiger partial charge is 0.235 e. The summed E-state index contributed by atoms with van der Waals surface area (Å²) in [5.41, 5.74) is 11.6. The molecule has 6 aromatic carbocycles. The predicted octanol–water partition coefficient (Wildman–Crippen LogP) is 11.6. The lowest BCUT2D eigenvalue weighted by atomic mass is 9.87. The van der Waals surface area contributed by atoms with Crippen LogP contribution in [0.5, 0.6) is 0 Å². The Balaban J connectivity index is 1.37. The summed E-state index contributed by atoms with van der Waals surface area (Å²) in [6, 6.07) is 49.9. The van der Waals surface area contributed by atoms with Gasteiger partial charge in [-0.05, 0) is 34.4 Å². The third kappa shape index (κ3) is 3.73. The zero-order valence-electron chi connectivity index (χ0n) is 26.0. The Hall–Kier alpha value is -5.58. The number of hydrogen-bond acceptors (Lipinski definition) is 3. The van der Waals surface area contributed by atoms with Crippen molar-refractivity contribution in [1.29, 1.82) is 0 Å². The molecule has 0 spiro atoms. The normalized spacial score (nSPS) is 13.5. The lowest BCUT2D eigenvalue weighted by Gasteiger charge is -2.19. The van der Waals surface area contributed by atoms with Crippen molar-refractivity contribution in [2.75, 3.05) is 0 Å². The van der Waals surface area contributed by atoms with Crippen molar-refractivity contribution in [2.45, 2.75) is 19.3 Å². The quantitative estimate of drug-likeness (QED) is 0.197. The second-order valence-electron chi connectivity index (χ2n) is 13.0. The first-order chi connectivity index (χ1) is 23.1. The van der Waals surface area contributed by atoms with E-state index in [1.54, 1.807) is 0 Å². The molecule has 222 valence electrons. The Morgan fingerprint density at radius 2 is 1.26 bits per heavy atom. The SMILES string of the molecule is CC1(C)c2ccccc2-c2c1sc1c2ccc2c3ccc(-c4ccccc4)cc3n(-c3nc(-c4ccccc4)c4ccccc4n3)c21. The zero-order chi connectivity index (χ0) is 31.3. The monoisotopic (exact) mass is 619 g/mol. The topological polar surface area (TPSA) is 30.7 Å². The highest BCUT2D eigenvalue weighted by Crippen LogP contribution is 2.56. The molecular formula is C43H29N3S. The number of benzene rings is 6. The molecule has 10 rings (SSSR count). The highest BCUT2D eigenvalue weighted by Gasteiger charge is 2.39. The van der Waals surface area contributed by atoms with E-state index < -0.39 is 0 Å². The van der Waals surface area contributed by atoms with Crippen LogP contribution in [0.2, 0.25) is 0 Å². The van der Waals surface area contributed by atoms with E-state index >= 15 is 0 Å². The third-order valence-corrected chi connectivity index (χ3v) is 11.5. The van der Waals surface area contributed by atoms with E-state index in [4.69, 9.17) is 9.97 Å². The molecule has 47 heavy (non-hydrogen) atoms. The average molecular weight is 620 g/mol. The number of para-hydroxylation sites is 1. The van der Waals surface area contributed by atoms with Crippen LogP contribution in [0.15, 0.2) is 140 Å². The molecule has 0 N–H and O–H groups in total. The molecule has 1 aliphatic carbocycles. The van der Waals surface area contributed by atoms with Crippen molar-refractivity contribution in [3.8, 4) is 39.5 Å². The first kappa shape index (κ1) is 26.6. The minimum Gasteiger partial charge on any atom is -0.276 e. The highest BCUT2D eigenvalue weighted by atomic mass is 32.1. The summed E-state index contributed by atoms with van der Waals surface area (Å²) in [7, 11) is 0. The molecule has 3 heterocycles. The first-order valence-corrected chi connectivity index (χ1v) is 16.9. The zero-order valence-corrected chi connectivity index (χ0v) is 26.8. The van der Waals surface area contributed by atoms with Crippen molar-refractivity contribution in [3.63, 3.8) is 0 Å². The maximum Gasteiger partial charge on any atom is 0.235 e. The van der Waals surface area contributed by atoms with E-state index in [2.05, 4.69) is 158 Å². The lowest BCUT2D eigenvalue weighted by Crippen LogP contribution is -2.13. The number of thiophene rings is 1. The molecule has 4 heteroatoms. The number of nitrogens with zero attached hydrogens (tertiary/aromatic N) is 3.